The molecule has 2 N–H and O–H groups in total. The minimum Gasteiger partial charge on any atom is -0.327 e. The Bertz CT molecular complexity index is 324. The van der Waals surface area contributed by atoms with Crippen molar-refractivity contribution in [2.24, 2.45) is 11.7 Å². The van der Waals surface area contributed by atoms with Gasteiger partial charge in [0.25, 0.3) is 0 Å². The SMILES string of the molecule is CC(C)(C)S(=O)(=O)CCCC(N)C1CCCC1. The van der Waals surface area contributed by atoms with Crippen LogP contribution in [-0.4, -0.2) is 25.0 Å². The molecule has 1 unspecified atom stereocenters. The van der Waals surface area contributed by atoms with E-state index in [2.05, 4.69) is 0 Å². The molecule has 17 heavy (non-hydrogen) atoms. The van der Waals surface area contributed by atoms with Crippen LogP contribution in [0.15, 0.2) is 0 Å². The zero-order chi connectivity index (χ0) is 13.1. The van der Waals surface area contributed by atoms with Crippen LogP contribution in [0.25, 0.3) is 0 Å². The molecule has 1 saturated carbocycles. The maximum Gasteiger partial charge on any atom is 0.155 e. The number of hydrogen-bond donors (Lipinski definition) is 1. The fourth-order valence-corrected chi connectivity index (χ4v) is 3.60. The molecule has 4 heteroatoms. The lowest BCUT2D eigenvalue weighted by Crippen LogP contribution is -2.32. The van der Waals surface area contributed by atoms with Gasteiger partial charge in [0, 0.05) is 6.04 Å². The highest BCUT2D eigenvalue weighted by molar-refractivity contribution is 7.92. The van der Waals surface area contributed by atoms with Crippen LogP contribution in [0, 0.1) is 5.92 Å². The maximum absolute atomic E-state index is 11.9. The molecule has 1 fully saturated rings. The van der Waals surface area contributed by atoms with Gasteiger partial charge in [-0.15, -0.1) is 0 Å². The van der Waals surface area contributed by atoms with E-state index in [1.807, 2.05) is 0 Å². The van der Waals surface area contributed by atoms with E-state index in [0.717, 1.165) is 6.42 Å². The first-order chi connectivity index (χ1) is 7.74. The molecule has 3 nitrogen and oxygen atoms in total. The Morgan fingerprint density at radius 3 is 2.24 bits per heavy atom. The Balaban J connectivity index is 2.32. The molecule has 0 aromatic rings. The van der Waals surface area contributed by atoms with E-state index in [1.165, 1.54) is 25.7 Å². The predicted molar refractivity (Wildman–Crippen MR) is 72.7 cm³/mol. The number of hydrogen-bond acceptors (Lipinski definition) is 3. The van der Waals surface area contributed by atoms with Crippen molar-refractivity contribution in [3.8, 4) is 0 Å². The molecule has 0 saturated heterocycles. The average molecular weight is 261 g/mol. The van der Waals surface area contributed by atoms with Gasteiger partial charge in [0.2, 0.25) is 0 Å². The molecule has 0 aromatic heterocycles. The first kappa shape index (κ1) is 15.0. The molecule has 1 rings (SSSR count). The standard InChI is InChI=1S/C13H27NO2S/c1-13(2,3)17(15,16)10-6-9-12(14)11-7-4-5-8-11/h11-12H,4-10,14H2,1-3H3. The topological polar surface area (TPSA) is 60.2 Å². The van der Waals surface area contributed by atoms with Gasteiger partial charge in [0.1, 0.15) is 0 Å². The van der Waals surface area contributed by atoms with Crippen molar-refractivity contribution in [3.05, 3.63) is 0 Å². The minimum atomic E-state index is -2.97. The highest BCUT2D eigenvalue weighted by Gasteiger charge is 2.29. The van der Waals surface area contributed by atoms with Crippen molar-refractivity contribution in [1.29, 1.82) is 0 Å². The Kier molecular flexibility index (Phi) is 5.02. The Hall–Kier alpha value is -0.0900. The molecule has 0 spiro atoms. The normalized spacial score (nSPS) is 20.7. The summed E-state index contributed by atoms with van der Waals surface area (Å²) in [4.78, 5) is 0. The highest BCUT2D eigenvalue weighted by atomic mass is 32.2. The van der Waals surface area contributed by atoms with Gasteiger partial charge in [-0.25, -0.2) is 8.42 Å². The van der Waals surface area contributed by atoms with Crippen LogP contribution < -0.4 is 5.73 Å². The van der Waals surface area contributed by atoms with E-state index in [1.54, 1.807) is 20.8 Å². The van der Waals surface area contributed by atoms with E-state index >= 15 is 0 Å². The minimum absolute atomic E-state index is 0.202. The highest BCUT2D eigenvalue weighted by Crippen LogP contribution is 2.28. The fraction of sp³-hybridized carbons (Fsp3) is 1.00. The lowest BCUT2D eigenvalue weighted by Gasteiger charge is -2.21. The second-order valence-electron chi connectivity index (χ2n) is 6.28. The van der Waals surface area contributed by atoms with Gasteiger partial charge in [-0.05, 0) is 52.4 Å². The van der Waals surface area contributed by atoms with E-state index < -0.39 is 14.6 Å². The van der Waals surface area contributed by atoms with E-state index in [4.69, 9.17) is 5.73 Å². The number of rotatable bonds is 5. The molecule has 0 heterocycles. The molecule has 0 bridgehead atoms. The van der Waals surface area contributed by atoms with Crippen LogP contribution >= 0.6 is 0 Å². The Labute approximate surface area is 106 Å². The predicted octanol–water partition coefficient (Wildman–Crippen LogP) is 2.50. The van der Waals surface area contributed by atoms with E-state index in [-0.39, 0.29) is 11.8 Å². The van der Waals surface area contributed by atoms with Gasteiger partial charge in [0.05, 0.1) is 10.5 Å². The lowest BCUT2D eigenvalue weighted by molar-refractivity contribution is 0.406. The van der Waals surface area contributed by atoms with Gasteiger partial charge >= 0.3 is 0 Å². The zero-order valence-electron chi connectivity index (χ0n) is 11.4. The van der Waals surface area contributed by atoms with Crippen molar-refractivity contribution in [2.45, 2.75) is 70.1 Å². The number of nitrogens with two attached hydrogens (primary N) is 1. The third kappa shape index (κ3) is 4.25. The third-order valence-corrected chi connectivity index (χ3v) is 6.58. The summed E-state index contributed by atoms with van der Waals surface area (Å²) in [6.45, 7) is 5.29. The average Bonchev–Trinajstić information content (AvgIpc) is 2.67. The van der Waals surface area contributed by atoms with Gasteiger partial charge < -0.3 is 5.73 Å². The van der Waals surface area contributed by atoms with Crippen molar-refractivity contribution in [2.75, 3.05) is 5.75 Å². The van der Waals surface area contributed by atoms with Crippen LogP contribution in [0.5, 0.6) is 0 Å². The molecule has 1 aliphatic rings. The van der Waals surface area contributed by atoms with Gasteiger partial charge in [-0.1, -0.05) is 12.8 Å². The summed E-state index contributed by atoms with van der Waals surface area (Å²) in [6.07, 6.45) is 6.59. The van der Waals surface area contributed by atoms with E-state index in [0.29, 0.717) is 12.3 Å². The summed E-state index contributed by atoms with van der Waals surface area (Å²) >= 11 is 0. The molecule has 1 aliphatic carbocycles. The summed E-state index contributed by atoms with van der Waals surface area (Å²) in [5.41, 5.74) is 6.12. The van der Waals surface area contributed by atoms with Crippen LogP contribution in [0.4, 0.5) is 0 Å². The van der Waals surface area contributed by atoms with Crippen LogP contribution in [-0.2, 0) is 9.84 Å². The van der Waals surface area contributed by atoms with Crippen molar-refractivity contribution in [1.82, 2.24) is 0 Å². The van der Waals surface area contributed by atoms with E-state index in [9.17, 15) is 8.42 Å². The molecular weight excluding hydrogens is 234 g/mol. The quantitative estimate of drug-likeness (QED) is 0.827. The Morgan fingerprint density at radius 1 is 1.24 bits per heavy atom. The zero-order valence-corrected chi connectivity index (χ0v) is 12.2. The lowest BCUT2D eigenvalue weighted by atomic mass is 9.95. The molecule has 102 valence electrons. The molecule has 0 aliphatic heterocycles. The van der Waals surface area contributed by atoms with Gasteiger partial charge in [0.15, 0.2) is 9.84 Å². The third-order valence-electron chi connectivity index (χ3n) is 3.89. The van der Waals surface area contributed by atoms with Crippen LogP contribution in [0.2, 0.25) is 0 Å². The summed E-state index contributed by atoms with van der Waals surface area (Å²) in [7, 11) is -2.97. The second kappa shape index (κ2) is 5.70. The largest absolute Gasteiger partial charge is 0.327 e. The first-order valence-corrected chi connectivity index (χ1v) is 8.37. The second-order valence-corrected chi connectivity index (χ2v) is 9.14. The fourth-order valence-electron chi connectivity index (χ4n) is 2.44. The van der Waals surface area contributed by atoms with Crippen LogP contribution in [0.3, 0.4) is 0 Å². The molecule has 0 amide bonds. The molecule has 1 atom stereocenters. The smallest absolute Gasteiger partial charge is 0.155 e. The number of sulfone groups is 1. The van der Waals surface area contributed by atoms with Gasteiger partial charge in [-0.2, -0.15) is 0 Å². The van der Waals surface area contributed by atoms with Crippen molar-refractivity contribution >= 4 is 9.84 Å². The summed E-state index contributed by atoms with van der Waals surface area (Å²) in [5, 5.41) is 0. The summed E-state index contributed by atoms with van der Waals surface area (Å²) in [6, 6.07) is 0.202. The van der Waals surface area contributed by atoms with Crippen LogP contribution in [0.1, 0.15) is 59.3 Å². The summed E-state index contributed by atoms with van der Waals surface area (Å²) in [5.74, 6) is 0.907. The van der Waals surface area contributed by atoms with Gasteiger partial charge in [-0.3, -0.25) is 0 Å². The maximum atomic E-state index is 11.9. The Morgan fingerprint density at radius 2 is 1.76 bits per heavy atom. The monoisotopic (exact) mass is 261 g/mol. The molecule has 0 aromatic carbocycles. The van der Waals surface area contributed by atoms with Crippen molar-refractivity contribution < 1.29 is 8.42 Å². The summed E-state index contributed by atoms with van der Waals surface area (Å²) < 4.78 is 23.2. The molecular formula is C13H27NO2S. The molecule has 0 radical (unpaired) electrons. The first-order valence-electron chi connectivity index (χ1n) is 6.72. The van der Waals surface area contributed by atoms with Crippen molar-refractivity contribution in [3.63, 3.8) is 0 Å².